The minimum atomic E-state index is -0.557. The molecule has 3 atom stereocenters. The van der Waals surface area contributed by atoms with Crippen molar-refractivity contribution in [3.05, 3.63) is 17.7 Å². The highest BCUT2D eigenvalue weighted by molar-refractivity contribution is 6.01. The molecule has 7 heteroatoms. The Kier molecular flexibility index (Phi) is 3.38. The van der Waals surface area contributed by atoms with E-state index in [0.29, 0.717) is 17.7 Å². The third kappa shape index (κ3) is 2.18. The highest BCUT2D eigenvalue weighted by Gasteiger charge is 2.43. The third-order valence-electron chi connectivity index (χ3n) is 4.03. The van der Waals surface area contributed by atoms with Crippen LogP contribution in [-0.2, 0) is 4.74 Å². The molecule has 7 nitrogen and oxygen atoms in total. The fourth-order valence-electron chi connectivity index (χ4n) is 3.01. The first-order valence-electron chi connectivity index (χ1n) is 6.74. The number of hydrogen-bond acceptors (Lipinski definition) is 6. The molecule has 0 saturated carbocycles. The number of phenols is 1. The monoisotopic (exact) mass is 294 g/mol. The summed E-state index contributed by atoms with van der Waals surface area (Å²) in [6.07, 6.45) is -0.548. The van der Waals surface area contributed by atoms with E-state index in [0.717, 1.165) is 0 Å². The van der Waals surface area contributed by atoms with Crippen molar-refractivity contribution < 1.29 is 24.5 Å². The molecule has 114 valence electrons. The molecule has 0 aromatic heterocycles. The maximum absolute atomic E-state index is 12.7. The summed E-state index contributed by atoms with van der Waals surface area (Å²) in [5.74, 6) is -0.0264. The lowest BCUT2D eigenvalue weighted by Gasteiger charge is -2.27. The van der Waals surface area contributed by atoms with Gasteiger partial charge in [0.05, 0.1) is 30.5 Å². The standard InChI is InChI=1S/C14H18N2O5/c1-20-12-4-8-9(5-11(12)18)15-13(21-2)10-3-7(17)6-16(10)14(8)19/h4-5,7,10,13,15,17-18H,3,6H2,1-2H3/t7-,10?,13+/m0/s1. The predicted molar refractivity (Wildman–Crippen MR) is 74.5 cm³/mol. The van der Waals surface area contributed by atoms with E-state index in [1.54, 1.807) is 12.0 Å². The van der Waals surface area contributed by atoms with Crippen LogP contribution in [0.25, 0.3) is 0 Å². The number of aromatic hydroxyl groups is 1. The largest absolute Gasteiger partial charge is 0.504 e. The third-order valence-corrected chi connectivity index (χ3v) is 4.03. The summed E-state index contributed by atoms with van der Waals surface area (Å²) in [5, 5.41) is 22.8. The number of carbonyl (C=O) groups is 1. The SMILES string of the molecule is COc1cc2c(cc1O)N[C@H](OC)C1C[C@H](O)CN1C2=O. The molecule has 1 aromatic rings. The van der Waals surface area contributed by atoms with Crippen LogP contribution in [0.4, 0.5) is 5.69 Å². The van der Waals surface area contributed by atoms with Gasteiger partial charge in [-0.2, -0.15) is 0 Å². The summed E-state index contributed by atoms with van der Waals surface area (Å²) >= 11 is 0. The van der Waals surface area contributed by atoms with Gasteiger partial charge >= 0.3 is 0 Å². The summed E-state index contributed by atoms with van der Waals surface area (Å²) < 4.78 is 10.5. The molecule has 1 aromatic carbocycles. The van der Waals surface area contributed by atoms with Crippen LogP contribution in [0.1, 0.15) is 16.8 Å². The minimum absolute atomic E-state index is 0.0477. The summed E-state index contributed by atoms with van der Waals surface area (Å²) in [7, 11) is 2.97. The van der Waals surface area contributed by atoms with Gasteiger partial charge in [0.15, 0.2) is 11.5 Å². The van der Waals surface area contributed by atoms with E-state index < -0.39 is 12.3 Å². The van der Waals surface area contributed by atoms with Crippen LogP contribution >= 0.6 is 0 Å². The van der Waals surface area contributed by atoms with Crippen molar-refractivity contribution in [2.75, 3.05) is 26.1 Å². The molecule has 21 heavy (non-hydrogen) atoms. The van der Waals surface area contributed by atoms with Gasteiger partial charge in [0, 0.05) is 19.7 Å². The summed E-state index contributed by atoms with van der Waals surface area (Å²) in [6, 6.07) is 2.70. The van der Waals surface area contributed by atoms with Crippen molar-refractivity contribution in [2.45, 2.75) is 24.8 Å². The number of nitrogens with one attached hydrogen (secondary N) is 1. The van der Waals surface area contributed by atoms with Crippen LogP contribution in [-0.4, -0.2) is 60.2 Å². The first kappa shape index (κ1) is 14.0. The number of amides is 1. The molecule has 1 saturated heterocycles. The number of phenolic OH excluding ortho intramolecular Hbond substituents is 1. The van der Waals surface area contributed by atoms with Gasteiger partial charge in [-0.05, 0) is 12.5 Å². The van der Waals surface area contributed by atoms with Crippen molar-refractivity contribution in [2.24, 2.45) is 0 Å². The molecule has 1 unspecified atom stereocenters. The number of rotatable bonds is 2. The van der Waals surface area contributed by atoms with Gasteiger partial charge in [0.2, 0.25) is 0 Å². The van der Waals surface area contributed by atoms with Gasteiger partial charge in [-0.3, -0.25) is 4.79 Å². The zero-order valence-corrected chi connectivity index (χ0v) is 11.9. The fraction of sp³-hybridized carbons (Fsp3) is 0.500. The maximum Gasteiger partial charge on any atom is 0.256 e. The number of aliphatic hydroxyl groups is 1. The second kappa shape index (κ2) is 5.09. The Balaban J connectivity index is 2.08. The molecule has 3 rings (SSSR count). The van der Waals surface area contributed by atoms with Crippen LogP contribution in [0, 0.1) is 0 Å². The van der Waals surface area contributed by atoms with E-state index in [9.17, 15) is 15.0 Å². The second-order valence-electron chi connectivity index (χ2n) is 5.28. The van der Waals surface area contributed by atoms with Crippen LogP contribution in [0.15, 0.2) is 12.1 Å². The molecule has 1 fully saturated rings. The molecule has 0 radical (unpaired) electrons. The Morgan fingerprint density at radius 3 is 2.81 bits per heavy atom. The second-order valence-corrected chi connectivity index (χ2v) is 5.28. The zero-order valence-electron chi connectivity index (χ0n) is 11.9. The van der Waals surface area contributed by atoms with Gasteiger partial charge in [-0.25, -0.2) is 0 Å². The Bertz CT molecular complexity index is 577. The number of benzene rings is 1. The first-order chi connectivity index (χ1) is 10.0. The minimum Gasteiger partial charge on any atom is -0.504 e. The van der Waals surface area contributed by atoms with Crippen molar-refractivity contribution >= 4 is 11.6 Å². The molecule has 2 heterocycles. The van der Waals surface area contributed by atoms with Crippen LogP contribution < -0.4 is 10.1 Å². The number of methoxy groups -OCH3 is 2. The van der Waals surface area contributed by atoms with E-state index in [2.05, 4.69) is 5.32 Å². The van der Waals surface area contributed by atoms with Gasteiger partial charge in [-0.1, -0.05) is 0 Å². The topological polar surface area (TPSA) is 91.3 Å². The summed E-state index contributed by atoms with van der Waals surface area (Å²) in [5.41, 5.74) is 0.886. The lowest BCUT2D eigenvalue weighted by atomic mass is 10.1. The summed E-state index contributed by atoms with van der Waals surface area (Å²) in [6.45, 7) is 0.271. The number of aliphatic hydroxyl groups excluding tert-OH is 1. The Morgan fingerprint density at radius 1 is 1.38 bits per heavy atom. The zero-order chi connectivity index (χ0) is 15.1. The number of carbonyl (C=O) groups excluding carboxylic acids is 1. The molecule has 3 N–H and O–H groups in total. The predicted octanol–water partition coefficient (Wildman–Crippen LogP) is 0.374. The van der Waals surface area contributed by atoms with E-state index >= 15 is 0 Å². The molecule has 1 amide bonds. The average Bonchev–Trinajstić information content (AvgIpc) is 2.81. The fourth-order valence-corrected chi connectivity index (χ4v) is 3.01. The average molecular weight is 294 g/mol. The van der Waals surface area contributed by atoms with Crippen LogP contribution in [0.2, 0.25) is 0 Å². The number of hydrogen-bond donors (Lipinski definition) is 3. The van der Waals surface area contributed by atoms with Gasteiger partial charge in [0.25, 0.3) is 5.91 Å². The normalized spacial score (nSPS) is 27.7. The van der Waals surface area contributed by atoms with Gasteiger partial charge < -0.3 is 29.9 Å². The van der Waals surface area contributed by atoms with Gasteiger partial charge in [0.1, 0.15) is 6.23 Å². The number of nitrogens with zero attached hydrogens (tertiary/aromatic N) is 1. The highest BCUT2D eigenvalue weighted by Crippen LogP contribution is 2.37. The van der Waals surface area contributed by atoms with Crippen molar-refractivity contribution in [1.82, 2.24) is 4.90 Å². The summed E-state index contributed by atoms with van der Waals surface area (Å²) in [4.78, 5) is 14.3. The molecule has 0 aliphatic carbocycles. The lowest BCUT2D eigenvalue weighted by Crippen LogP contribution is -2.44. The molecular formula is C14H18N2O5. The van der Waals surface area contributed by atoms with E-state index in [-0.39, 0.29) is 30.0 Å². The van der Waals surface area contributed by atoms with E-state index in [1.807, 2.05) is 0 Å². The number of anilines is 1. The molecular weight excluding hydrogens is 276 g/mol. The van der Waals surface area contributed by atoms with Gasteiger partial charge in [-0.15, -0.1) is 0 Å². The molecule has 2 aliphatic heterocycles. The first-order valence-corrected chi connectivity index (χ1v) is 6.74. The molecule has 2 aliphatic rings. The van der Waals surface area contributed by atoms with E-state index in [4.69, 9.17) is 9.47 Å². The van der Waals surface area contributed by atoms with Crippen molar-refractivity contribution in [1.29, 1.82) is 0 Å². The van der Waals surface area contributed by atoms with Crippen LogP contribution in [0.5, 0.6) is 11.5 Å². The van der Waals surface area contributed by atoms with E-state index in [1.165, 1.54) is 19.2 Å². The Hall–Kier alpha value is -1.99. The Labute approximate surface area is 122 Å². The molecule has 0 bridgehead atoms. The lowest BCUT2D eigenvalue weighted by molar-refractivity contribution is 0.0420. The number of ether oxygens (including phenoxy) is 2. The number of fused-ring (bicyclic) bond motifs is 2. The van der Waals surface area contributed by atoms with Crippen LogP contribution in [0.3, 0.4) is 0 Å². The van der Waals surface area contributed by atoms with Crippen molar-refractivity contribution in [3.63, 3.8) is 0 Å². The quantitative estimate of drug-likeness (QED) is 0.730. The maximum atomic E-state index is 12.7. The molecule has 0 spiro atoms. The van der Waals surface area contributed by atoms with Crippen molar-refractivity contribution in [3.8, 4) is 11.5 Å². The smallest absolute Gasteiger partial charge is 0.256 e. The Morgan fingerprint density at radius 2 is 2.14 bits per heavy atom. The highest BCUT2D eigenvalue weighted by atomic mass is 16.5.